The first kappa shape index (κ1) is 10.9. The average Bonchev–Trinajstić information content (AvgIpc) is 2.30. The molecule has 0 amide bonds. The molecule has 1 saturated heterocycles. The van der Waals surface area contributed by atoms with Crippen LogP contribution in [0.4, 0.5) is 0 Å². The number of aliphatic hydroxyl groups is 3. The van der Waals surface area contributed by atoms with Crippen LogP contribution in [0.3, 0.4) is 0 Å². The van der Waals surface area contributed by atoms with Crippen LogP contribution < -0.4 is 0 Å². The van der Waals surface area contributed by atoms with E-state index in [1.165, 1.54) is 0 Å². The van der Waals surface area contributed by atoms with Gasteiger partial charge in [-0.25, -0.2) is 0 Å². The Labute approximate surface area is 78.1 Å². The quantitative estimate of drug-likeness (QED) is 0.550. The van der Waals surface area contributed by atoms with Crippen molar-refractivity contribution in [3.8, 4) is 0 Å². The van der Waals surface area contributed by atoms with E-state index in [-0.39, 0.29) is 18.6 Å². The van der Waals surface area contributed by atoms with E-state index in [2.05, 4.69) is 0 Å². The molecule has 0 unspecified atom stereocenters. The van der Waals surface area contributed by atoms with Gasteiger partial charge in [0.1, 0.15) is 5.60 Å². The van der Waals surface area contributed by atoms with Gasteiger partial charge in [0, 0.05) is 5.92 Å². The average molecular weight is 190 g/mol. The van der Waals surface area contributed by atoms with Crippen molar-refractivity contribution in [2.75, 3.05) is 6.61 Å². The molecule has 78 valence electrons. The van der Waals surface area contributed by atoms with Crippen molar-refractivity contribution in [3.05, 3.63) is 0 Å². The van der Waals surface area contributed by atoms with Gasteiger partial charge in [0.15, 0.2) is 0 Å². The van der Waals surface area contributed by atoms with Gasteiger partial charge in [-0.2, -0.15) is 0 Å². The van der Waals surface area contributed by atoms with E-state index in [0.717, 1.165) is 0 Å². The summed E-state index contributed by atoms with van der Waals surface area (Å²) in [5, 5.41) is 28.3. The van der Waals surface area contributed by atoms with E-state index < -0.39 is 17.8 Å². The number of ether oxygens (including phenoxy) is 1. The van der Waals surface area contributed by atoms with Crippen molar-refractivity contribution in [2.24, 2.45) is 5.92 Å². The van der Waals surface area contributed by atoms with Crippen LogP contribution in [0.1, 0.15) is 20.8 Å². The van der Waals surface area contributed by atoms with Gasteiger partial charge in [-0.15, -0.1) is 0 Å². The third-order valence-corrected chi connectivity index (χ3v) is 3.12. The second kappa shape index (κ2) is 3.53. The van der Waals surface area contributed by atoms with Crippen LogP contribution in [0.15, 0.2) is 0 Å². The van der Waals surface area contributed by atoms with Crippen molar-refractivity contribution in [2.45, 2.75) is 44.7 Å². The predicted octanol–water partition coefficient (Wildman–Crippen LogP) is -0.486. The minimum atomic E-state index is -1.00. The zero-order chi connectivity index (χ0) is 10.2. The summed E-state index contributed by atoms with van der Waals surface area (Å²) < 4.78 is 5.43. The Hall–Kier alpha value is -0.160. The van der Waals surface area contributed by atoms with Gasteiger partial charge < -0.3 is 20.1 Å². The monoisotopic (exact) mass is 190 g/mol. The Bertz CT molecular complexity index is 182. The summed E-state index contributed by atoms with van der Waals surface area (Å²) in [6.45, 7) is 4.81. The molecule has 0 aromatic heterocycles. The molecule has 0 radical (unpaired) electrons. The van der Waals surface area contributed by atoms with Crippen LogP contribution in [-0.2, 0) is 4.74 Å². The largest absolute Gasteiger partial charge is 0.393 e. The summed E-state index contributed by atoms with van der Waals surface area (Å²) in [4.78, 5) is 0. The van der Waals surface area contributed by atoms with Gasteiger partial charge in [0.2, 0.25) is 0 Å². The van der Waals surface area contributed by atoms with Gasteiger partial charge >= 0.3 is 0 Å². The fourth-order valence-electron chi connectivity index (χ4n) is 2.01. The first-order valence-corrected chi connectivity index (χ1v) is 4.60. The summed E-state index contributed by atoms with van der Waals surface area (Å²) in [5.74, 6) is -0.257. The van der Waals surface area contributed by atoms with Crippen molar-refractivity contribution >= 4 is 0 Å². The zero-order valence-electron chi connectivity index (χ0n) is 8.27. The Morgan fingerprint density at radius 1 is 1.46 bits per heavy atom. The first-order valence-electron chi connectivity index (χ1n) is 4.60. The number of rotatable bonds is 2. The lowest BCUT2D eigenvalue weighted by molar-refractivity contribution is -0.145. The summed E-state index contributed by atoms with van der Waals surface area (Å²) >= 11 is 0. The summed E-state index contributed by atoms with van der Waals surface area (Å²) in [6, 6.07) is 0. The third kappa shape index (κ3) is 1.48. The van der Waals surface area contributed by atoms with Crippen molar-refractivity contribution in [1.82, 2.24) is 0 Å². The van der Waals surface area contributed by atoms with E-state index in [1.54, 1.807) is 20.8 Å². The lowest BCUT2D eigenvalue weighted by Gasteiger charge is -2.33. The van der Waals surface area contributed by atoms with E-state index >= 15 is 0 Å². The second-order valence-corrected chi connectivity index (χ2v) is 3.89. The second-order valence-electron chi connectivity index (χ2n) is 3.89. The molecule has 13 heavy (non-hydrogen) atoms. The molecule has 1 fully saturated rings. The molecule has 1 heterocycles. The number of hydrogen-bond donors (Lipinski definition) is 3. The standard InChI is InChI=1S/C9H18O4/c1-5-8(12)6(2)13-9(5,4-10)7(3)11/h5-8,10-12H,4H2,1-3H3/t5-,6-,7-,8+,9-/m0/s1. The SMILES string of the molecule is C[C@@H]1O[C@](CO)([C@H](C)O)[C@@H](C)[C@H]1O. The summed E-state index contributed by atoms with van der Waals surface area (Å²) in [6.07, 6.45) is -1.74. The van der Waals surface area contributed by atoms with E-state index in [4.69, 9.17) is 4.74 Å². The highest BCUT2D eigenvalue weighted by molar-refractivity contribution is 5.01. The van der Waals surface area contributed by atoms with Crippen LogP contribution >= 0.6 is 0 Å². The van der Waals surface area contributed by atoms with Crippen LogP contribution in [0.2, 0.25) is 0 Å². The van der Waals surface area contributed by atoms with Gasteiger partial charge in [-0.05, 0) is 13.8 Å². The van der Waals surface area contributed by atoms with Gasteiger partial charge in [-0.1, -0.05) is 6.92 Å². The normalized spacial score (nSPS) is 48.0. The number of hydrogen-bond acceptors (Lipinski definition) is 4. The molecule has 3 N–H and O–H groups in total. The minimum absolute atomic E-state index is 0.257. The molecular weight excluding hydrogens is 172 g/mol. The lowest BCUT2D eigenvalue weighted by atomic mass is 9.83. The Morgan fingerprint density at radius 2 is 2.00 bits per heavy atom. The smallest absolute Gasteiger partial charge is 0.122 e. The maximum Gasteiger partial charge on any atom is 0.122 e. The topological polar surface area (TPSA) is 69.9 Å². The molecule has 0 bridgehead atoms. The fourth-order valence-corrected chi connectivity index (χ4v) is 2.01. The molecule has 0 aromatic carbocycles. The van der Waals surface area contributed by atoms with Crippen molar-refractivity contribution in [1.29, 1.82) is 0 Å². The Morgan fingerprint density at radius 3 is 2.15 bits per heavy atom. The van der Waals surface area contributed by atoms with Crippen LogP contribution in [-0.4, -0.2) is 45.8 Å². The van der Waals surface area contributed by atoms with Crippen LogP contribution in [0, 0.1) is 5.92 Å². The molecule has 0 spiro atoms. The molecule has 5 atom stereocenters. The highest BCUT2D eigenvalue weighted by Crippen LogP contribution is 2.38. The maximum absolute atomic E-state index is 9.63. The molecule has 0 aromatic rings. The number of aliphatic hydroxyl groups excluding tert-OH is 3. The molecule has 1 aliphatic rings. The molecule has 4 nitrogen and oxygen atoms in total. The highest BCUT2D eigenvalue weighted by Gasteiger charge is 2.53. The molecular formula is C9H18O4. The fraction of sp³-hybridized carbons (Fsp3) is 1.00. The Kier molecular flexibility index (Phi) is 2.97. The minimum Gasteiger partial charge on any atom is -0.393 e. The summed E-state index contributed by atoms with van der Waals surface area (Å²) in [7, 11) is 0. The molecule has 0 aliphatic carbocycles. The Balaban J connectivity index is 2.89. The lowest BCUT2D eigenvalue weighted by Crippen LogP contribution is -2.49. The molecule has 1 rings (SSSR count). The van der Waals surface area contributed by atoms with E-state index in [9.17, 15) is 15.3 Å². The predicted molar refractivity (Wildman–Crippen MR) is 47.2 cm³/mol. The third-order valence-electron chi connectivity index (χ3n) is 3.12. The molecule has 0 saturated carbocycles. The highest BCUT2D eigenvalue weighted by atomic mass is 16.6. The van der Waals surface area contributed by atoms with Gasteiger partial charge in [-0.3, -0.25) is 0 Å². The van der Waals surface area contributed by atoms with Crippen LogP contribution in [0.5, 0.6) is 0 Å². The van der Waals surface area contributed by atoms with Crippen LogP contribution in [0.25, 0.3) is 0 Å². The van der Waals surface area contributed by atoms with E-state index in [0.29, 0.717) is 0 Å². The zero-order valence-corrected chi connectivity index (χ0v) is 8.27. The summed E-state index contributed by atoms with van der Waals surface area (Å²) in [5.41, 5.74) is -1.00. The molecule has 1 aliphatic heterocycles. The first-order chi connectivity index (χ1) is 5.95. The maximum atomic E-state index is 9.63. The van der Waals surface area contributed by atoms with Gasteiger partial charge in [0.05, 0.1) is 24.9 Å². The van der Waals surface area contributed by atoms with Crippen molar-refractivity contribution in [3.63, 3.8) is 0 Å². The molecule has 4 heteroatoms. The van der Waals surface area contributed by atoms with Gasteiger partial charge in [0.25, 0.3) is 0 Å². The van der Waals surface area contributed by atoms with E-state index in [1.807, 2.05) is 0 Å². The van der Waals surface area contributed by atoms with Crippen molar-refractivity contribution < 1.29 is 20.1 Å².